The van der Waals surface area contributed by atoms with Gasteiger partial charge in [-0.2, -0.15) is 0 Å². The zero-order chi connectivity index (χ0) is 14.8. The molecule has 0 saturated heterocycles. The summed E-state index contributed by atoms with van der Waals surface area (Å²) < 4.78 is 1.08. The number of anilines is 1. The summed E-state index contributed by atoms with van der Waals surface area (Å²) in [5.41, 5.74) is 7.67. The average molecular weight is 354 g/mol. The second-order valence-electron chi connectivity index (χ2n) is 4.77. The van der Waals surface area contributed by atoms with Crippen LogP contribution in [0.15, 0.2) is 40.6 Å². The lowest BCUT2D eigenvalue weighted by Gasteiger charge is -2.26. The number of hydrogen-bond donors (Lipinski definition) is 2. The summed E-state index contributed by atoms with van der Waals surface area (Å²) in [6, 6.07) is 12.0. The summed E-state index contributed by atoms with van der Waals surface area (Å²) in [6.45, 7) is 0.657. The van der Waals surface area contributed by atoms with Gasteiger partial charge in [0.05, 0.1) is 20.5 Å². The third kappa shape index (κ3) is 3.45. The summed E-state index contributed by atoms with van der Waals surface area (Å²) in [6.07, 6.45) is 0.821. The van der Waals surface area contributed by atoms with Crippen molar-refractivity contribution in [2.75, 3.05) is 17.2 Å². The maximum Gasteiger partial charge on any atom is 0.237 e. The number of nitrogen functional groups attached to an aromatic ring is 1. The second-order valence-corrected chi connectivity index (χ2v) is 7.06. The zero-order valence-electron chi connectivity index (χ0n) is 11.7. The molecule has 3 N–H and O–H groups in total. The molecule has 0 bridgehead atoms. The van der Waals surface area contributed by atoms with E-state index < -0.39 is 0 Å². The third-order valence-electron chi connectivity index (χ3n) is 3.33. The molecule has 2 heterocycles. The third-order valence-corrected chi connectivity index (χ3v) is 5.75. The van der Waals surface area contributed by atoms with Crippen molar-refractivity contribution in [1.82, 2.24) is 0 Å². The molecule has 3 rings (SSSR count). The van der Waals surface area contributed by atoms with Crippen LogP contribution in [0.4, 0.5) is 5.69 Å². The Balaban J connectivity index is 0.00000176. The minimum Gasteiger partial charge on any atom is -0.383 e. The monoisotopic (exact) mass is 353 g/mol. The molecule has 0 radical (unpaired) electrons. The van der Waals surface area contributed by atoms with Crippen molar-refractivity contribution in [3.8, 4) is 0 Å². The van der Waals surface area contributed by atoms with Gasteiger partial charge < -0.3 is 10.6 Å². The minimum atomic E-state index is 0. The highest BCUT2D eigenvalue weighted by atomic mass is 35.5. The number of amidine groups is 1. The summed E-state index contributed by atoms with van der Waals surface area (Å²) in [7, 11) is 0. The Morgan fingerprint density at radius 1 is 1.32 bits per heavy atom. The van der Waals surface area contributed by atoms with Crippen LogP contribution < -0.4 is 10.6 Å². The molecule has 1 amide bonds. The van der Waals surface area contributed by atoms with Crippen molar-refractivity contribution in [1.29, 1.82) is 5.41 Å². The smallest absolute Gasteiger partial charge is 0.237 e. The predicted molar refractivity (Wildman–Crippen MR) is 95.8 cm³/mol. The van der Waals surface area contributed by atoms with E-state index >= 15 is 0 Å². The molecule has 0 aliphatic carbocycles. The fourth-order valence-electron chi connectivity index (χ4n) is 2.26. The normalized spacial score (nSPS) is 13.5. The number of nitrogens with two attached hydrogens (primary N) is 1. The Labute approximate surface area is 143 Å². The molecule has 1 aliphatic heterocycles. The maximum atomic E-state index is 12.2. The summed E-state index contributed by atoms with van der Waals surface area (Å²) >= 11 is 3.03. The number of hydrogen-bond acceptors (Lipinski definition) is 4. The van der Waals surface area contributed by atoms with Gasteiger partial charge in [0.1, 0.15) is 5.84 Å². The van der Waals surface area contributed by atoms with Gasteiger partial charge in [-0.05, 0) is 18.1 Å². The highest BCUT2D eigenvalue weighted by Gasteiger charge is 2.27. The number of thioether (sulfide) groups is 1. The Morgan fingerprint density at radius 2 is 2.05 bits per heavy atom. The van der Waals surface area contributed by atoms with Crippen LogP contribution in [-0.2, 0) is 11.2 Å². The first kappa shape index (κ1) is 16.9. The van der Waals surface area contributed by atoms with Crippen molar-refractivity contribution in [3.05, 3.63) is 46.8 Å². The number of halogens is 1. The van der Waals surface area contributed by atoms with Gasteiger partial charge in [0, 0.05) is 6.54 Å². The van der Waals surface area contributed by atoms with E-state index in [4.69, 9.17) is 11.1 Å². The number of benzene rings is 1. The Kier molecular flexibility index (Phi) is 5.50. The van der Waals surface area contributed by atoms with Crippen LogP contribution >= 0.6 is 35.5 Å². The topological polar surface area (TPSA) is 70.2 Å². The molecule has 1 aromatic heterocycles. The summed E-state index contributed by atoms with van der Waals surface area (Å²) in [4.78, 5) is 14.7. The van der Waals surface area contributed by atoms with Gasteiger partial charge in [-0.25, -0.2) is 0 Å². The van der Waals surface area contributed by atoms with E-state index in [1.807, 2.05) is 29.2 Å². The quantitative estimate of drug-likeness (QED) is 0.655. The van der Waals surface area contributed by atoms with E-state index in [0.717, 1.165) is 21.2 Å². The Morgan fingerprint density at radius 3 is 2.73 bits per heavy atom. The van der Waals surface area contributed by atoms with Gasteiger partial charge >= 0.3 is 0 Å². The first-order chi connectivity index (χ1) is 10.1. The maximum absolute atomic E-state index is 12.2. The molecular formula is C15H16ClN3OS2. The van der Waals surface area contributed by atoms with Gasteiger partial charge in [0.25, 0.3) is 0 Å². The van der Waals surface area contributed by atoms with Gasteiger partial charge in [0.15, 0.2) is 0 Å². The number of carbonyl (C=O) groups is 1. The number of nitrogens with one attached hydrogen (secondary N) is 1. The molecular weight excluding hydrogens is 338 g/mol. The van der Waals surface area contributed by atoms with Crippen LogP contribution in [-0.4, -0.2) is 24.0 Å². The van der Waals surface area contributed by atoms with E-state index in [9.17, 15) is 4.79 Å². The highest BCUT2D eigenvalue weighted by molar-refractivity contribution is 8.02. The van der Waals surface area contributed by atoms with Crippen LogP contribution in [0.1, 0.15) is 10.4 Å². The molecule has 0 fully saturated rings. The van der Waals surface area contributed by atoms with Crippen molar-refractivity contribution in [2.24, 2.45) is 5.73 Å². The largest absolute Gasteiger partial charge is 0.383 e. The number of amides is 1. The molecule has 4 nitrogen and oxygen atoms in total. The van der Waals surface area contributed by atoms with E-state index in [-0.39, 0.29) is 24.1 Å². The number of fused-ring (bicyclic) bond motifs is 1. The highest BCUT2D eigenvalue weighted by Crippen LogP contribution is 2.41. The zero-order valence-corrected chi connectivity index (χ0v) is 14.2. The van der Waals surface area contributed by atoms with Crippen molar-refractivity contribution in [2.45, 2.75) is 10.6 Å². The van der Waals surface area contributed by atoms with Gasteiger partial charge in [-0.15, -0.1) is 35.5 Å². The van der Waals surface area contributed by atoms with E-state index in [2.05, 4.69) is 12.1 Å². The second kappa shape index (κ2) is 7.17. The van der Waals surface area contributed by atoms with Gasteiger partial charge in [0.2, 0.25) is 5.91 Å². The molecule has 116 valence electrons. The first-order valence-corrected chi connectivity index (χ1v) is 8.40. The lowest BCUT2D eigenvalue weighted by Crippen LogP contribution is -2.36. The van der Waals surface area contributed by atoms with Crippen molar-refractivity contribution in [3.63, 3.8) is 0 Å². The van der Waals surface area contributed by atoms with Crippen molar-refractivity contribution < 1.29 is 4.79 Å². The lowest BCUT2D eigenvalue weighted by molar-refractivity contribution is -0.116. The van der Waals surface area contributed by atoms with E-state index in [1.54, 1.807) is 0 Å². The van der Waals surface area contributed by atoms with Crippen LogP contribution in [0, 0.1) is 5.41 Å². The first-order valence-electron chi connectivity index (χ1n) is 6.60. The number of rotatable bonds is 4. The molecule has 0 unspecified atom stereocenters. The summed E-state index contributed by atoms with van der Waals surface area (Å²) in [5, 5.41) is 7.54. The molecule has 2 aromatic rings. The van der Waals surface area contributed by atoms with Crippen LogP contribution in [0.25, 0.3) is 0 Å². The molecule has 0 atom stereocenters. The van der Waals surface area contributed by atoms with Crippen molar-refractivity contribution >= 4 is 52.9 Å². The molecule has 22 heavy (non-hydrogen) atoms. The number of carbonyl (C=O) groups excluding carboxylic acids is 1. The Hall–Kier alpha value is -1.50. The summed E-state index contributed by atoms with van der Waals surface area (Å²) in [5.74, 6) is 0.640. The minimum absolute atomic E-state index is 0. The van der Waals surface area contributed by atoms with E-state index in [0.29, 0.717) is 12.3 Å². The van der Waals surface area contributed by atoms with Crippen LogP contribution in [0.3, 0.4) is 0 Å². The fraction of sp³-hybridized carbons (Fsp3) is 0.200. The molecule has 0 spiro atoms. The average Bonchev–Trinajstić information content (AvgIpc) is 2.92. The Bertz CT molecular complexity index is 687. The molecule has 1 aromatic carbocycles. The van der Waals surface area contributed by atoms with E-state index in [1.165, 1.54) is 28.7 Å². The predicted octanol–water partition coefficient (Wildman–Crippen LogP) is 3.14. The SMILES string of the molecule is Cl.N=C(N)c1cc2c(s1)SCC(=O)N2CCc1ccccc1. The van der Waals surface area contributed by atoms with Crippen LogP contribution in [0.5, 0.6) is 0 Å². The van der Waals surface area contributed by atoms with Gasteiger partial charge in [-0.1, -0.05) is 30.3 Å². The molecule has 7 heteroatoms. The lowest BCUT2D eigenvalue weighted by atomic mass is 10.1. The van der Waals surface area contributed by atoms with Crippen LogP contribution in [0.2, 0.25) is 0 Å². The number of nitrogens with zero attached hydrogens (tertiary/aromatic N) is 1. The molecule has 1 aliphatic rings. The molecule has 0 saturated carbocycles. The fourth-order valence-corrected chi connectivity index (χ4v) is 4.42. The number of thiophene rings is 1. The van der Waals surface area contributed by atoms with Gasteiger partial charge in [-0.3, -0.25) is 10.2 Å². The standard InChI is InChI=1S/C15H15N3OS2.ClH/c16-14(17)12-8-11-15(21-12)20-9-13(19)18(11)7-6-10-4-2-1-3-5-10;/h1-5,8H,6-7,9H2,(H3,16,17);1H.